The Hall–Kier alpha value is -0.630. The molecule has 1 aliphatic carbocycles. The van der Waals surface area contributed by atoms with Gasteiger partial charge in [0.05, 0.1) is 0 Å². The van der Waals surface area contributed by atoms with Gasteiger partial charge in [-0.1, -0.05) is 12.2 Å². The van der Waals surface area contributed by atoms with Crippen molar-refractivity contribution < 1.29 is 4.79 Å². The Morgan fingerprint density at radius 1 is 1.55 bits per heavy atom. The number of carbonyl (C=O) groups excluding carboxylic acids is 1. The highest BCUT2D eigenvalue weighted by Crippen LogP contribution is 2.24. The van der Waals surface area contributed by atoms with Crippen molar-refractivity contribution in [2.24, 2.45) is 5.92 Å². The van der Waals surface area contributed by atoms with Gasteiger partial charge in [-0.05, 0) is 12.3 Å². The number of Topliss-reactive ketones (excluding diaryl/α,β-unsaturated/α-hetero) is 1. The van der Waals surface area contributed by atoms with Crippen LogP contribution >= 0.6 is 0 Å². The maximum atomic E-state index is 11.1. The maximum Gasteiger partial charge on any atom is 0.133 e. The first kappa shape index (κ1) is 7.04. The van der Waals surface area contributed by atoms with Gasteiger partial charge in [0.2, 0.25) is 0 Å². The van der Waals surface area contributed by atoms with Crippen LogP contribution in [0.3, 0.4) is 0 Å². The largest absolute Gasteiger partial charge is 0.310 e. The van der Waals surface area contributed by atoms with Crippen LogP contribution in [-0.4, -0.2) is 18.4 Å². The second-order valence-corrected chi connectivity index (χ2v) is 3.39. The topological polar surface area (TPSA) is 29.1 Å². The second-order valence-electron chi connectivity index (χ2n) is 3.39. The third-order valence-electron chi connectivity index (χ3n) is 2.60. The van der Waals surface area contributed by atoms with E-state index in [9.17, 15) is 4.79 Å². The van der Waals surface area contributed by atoms with Gasteiger partial charge in [0.25, 0.3) is 0 Å². The number of hydrogen-bond acceptors (Lipinski definition) is 2. The molecule has 2 nitrogen and oxygen atoms in total. The molecular formula is C9H13NO. The molecule has 2 aliphatic rings. The van der Waals surface area contributed by atoms with Crippen LogP contribution in [0.4, 0.5) is 0 Å². The summed E-state index contributed by atoms with van der Waals surface area (Å²) >= 11 is 0. The fraction of sp³-hybridized carbons (Fsp3) is 0.667. The Labute approximate surface area is 66.7 Å². The van der Waals surface area contributed by atoms with Gasteiger partial charge in [-0.15, -0.1) is 0 Å². The highest BCUT2D eigenvalue weighted by molar-refractivity contribution is 5.79. The Morgan fingerprint density at radius 2 is 2.45 bits per heavy atom. The minimum absolute atomic E-state index is 0.430. The molecule has 1 heterocycles. The Bertz CT molecular complexity index is 198. The smallest absolute Gasteiger partial charge is 0.133 e. The molecule has 11 heavy (non-hydrogen) atoms. The van der Waals surface area contributed by atoms with E-state index in [4.69, 9.17) is 0 Å². The third-order valence-corrected chi connectivity index (χ3v) is 2.60. The lowest BCUT2D eigenvalue weighted by Crippen LogP contribution is -2.42. The zero-order valence-corrected chi connectivity index (χ0v) is 6.55. The monoisotopic (exact) mass is 151 g/mol. The summed E-state index contributed by atoms with van der Waals surface area (Å²) < 4.78 is 0. The van der Waals surface area contributed by atoms with Gasteiger partial charge in [0, 0.05) is 25.4 Å². The van der Waals surface area contributed by atoms with Gasteiger partial charge in [-0.2, -0.15) is 0 Å². The standard InChI is InChI=1S/C9H13NO/c11-8-3-4-9-7(6-8)2-1-5-10-9/h1-2,7,9-10H,3-6H2/t7-,9-/m1/s1. The normalized spacial score (nSPS) is 36.9. The summed E-state index contributed by atoms with van der Waals surface area (Å²) in [4.78, 5) is 11.1. The molecule has 1 N–H and O–H groups in total. The Morgan fingerprint density at radius 3 is 3.36 bits per heavy atom. The molecule has 0 aromatic rings. The van der Waals surface area contributed by atoms with Crippen LogP contribution in [0.1, 0.15) is 19.3 Å². The number of ketones is 1. The van der Waals surface area contributed by atoms with Gasteiger partial charge in [-0.3, -0.25) is 4.79 Å². The van der Waals surface area contributed by atoms with Crippen molar-refractivity contribution in [3.05, 3.63) is 12.2 Å². The zero-order valence-electron chi connectivity index (χ0n) is 6.55. The van der Waals surface area contributed by atoms with Crippen LogP contribution in [0, 0.1) is 5.92 Å². The SMILES string of the molecule is O=C1CC[C@H]2NCC=C[C@@H]2C1. The minimum atomic E-state index is 0.430. The number of fused-ring (bicyclic) bond motifs is 1. The molecule has 60 valence electrons. The van der Waals surface area contributed by atoms with Crippen LogP contribution in [0.15, 0.2) is 12.2 Å². The van der Waals surface area contributed by atoms with Crippen molar-refractivity contribution in [3.8, 4) is 0 Å². The zero-order chi connectivity index (χ0) is 7.68. The summed E-state index contributed by atoms with van der Waals surface area (Å²) in [5, 5.41) is 3.40. The lowest BCUT2D eigenvalue weighted by atomic mass is 9.82. The molecule has 2 rings (SSSR count). The van der Waals surface area contributed by atoms with Crippen molar-refractivity contribution >= 4 is 5.78 Å². The molecule has 1 fully saturated rings. The summed E-state index contributed by atoms with van der Waals surface area (Å²) in [6.07, 6.45) is 6.89. The number of nitrogens with one attached hydrogen (secondary N) is 1. The molecule has 0 saturated heterocycles. The molecule has 0 aromatic carbocycles. The van der Waals surface area contributed by atoms with Crippen LogP contribution < -0.4 is 5.32 Å². The van der Waals surface area contributed by atoms with Gasteiger partial charge in [0.1, 0.15) is 5.78 Å². The number of carbonyl (C=O) groups is 1. The number of hydrogen-bond donors (Lipinski definition) is 1. The molecule has 0 unspecified atom stereocenters. The molecule has 0 bridgehead atoms. The minimum Gasteiger partial charge on any atom is -0.310 e. The van der Waals surface area contributed by atoms with Crippen molar-refractivity contribution in [2.75, 3.05) is 6.54 Å². The highest BCUT2D eigenvalue weighted by Gasteiger charge is 2.28. The van der Waals surface area contributed by atoms with Crippen LogP contribution in [0.25, 0.3) is 0 Å². The summed E-state index contributed by atoms with van der Waals surface area (Å²) in [6.45, 7) is 0.982. The van der Waals surface area contributed by atoms with Crippen molar-refractivity contribution in [2.45, 2.75) is 25.3 Å². The van der Waals surface area contributed by atoms with Crippen LogP contribution in [0.2, 0.25) is 0 Å². The first-order valence-electron chi connectivity index (χ1n) is 4.28. The summed E-state index contributed by atoms with van der Waals surface area (Å²) in [5.41, 5.74) is 0. The van der Waals surface area contributed by atoms with Gasteiger partial charge >= 0.3 is 0 Å². The van der Waals surface area contributed by atoms with Crippen molar-refractivity contribution in [1.82, 2.24) is 5.32 Å². The van der Waals surface area contributed by atoms with E-state index in [0.717, 1.165) is 25.8 Å². The molecule has 1 saturated carbocycles. The van der Waals surface area contributed by atoms with E-state index in [0.29, 0.717) is 17.7 Å². The molecule has 0 radical (unpaired) electrons. The molecule has 2 atom stereocenters. The first-order valence-corrected chi connectivity index (χ1v) is 4.28. The van der Waals surface area contributed by atoms with Crippen molar-refractivity contribution in [1.29, 1.82) is 0 Å². The van der Waals surface area contributed by atoms with Gasteiger partial charge < -0.3 is 5.32 Å². The maximum absolute atomic E-state index is 11.1. The Balaban J connectivity index is 2.08. The fourth-order valence-corrected chi connectivity index (χ4v) is 1.96. The van der Waals surface area contributed by atoms with E-state index in [2.05, 4.69) is 17.5 Å². The highest BCUT2D eigenvalue weighted by atomic mass is 16.1. The quantitative estimate of drug-likeness (QED) is 0.521. The predicted octanol–water partition coefficient (Wildman–Crippen LogP) is 0.884. The first-order chi connectivity index (χ1) is 5.36. The predicted molar refractivity (Wildman–Crippen MR) is 43.3 cm³/mol. The fourth-order valence-electron chi connectivity index (χ4n) is 1.96. The molecular weight excluding hydrogens is 138 g/mol. The average molecular weight is 151 g/mol. The second kappa shape index (κ2) is 2.78. The van der Waals surface area contributed by atoms with E-state index in [1.54, 1.807) is 0 Å². The van der Waals surface area contributed by atoms with E-state index in [1.165, 1.54) is 0 Å². The van der Waals surface area contributed by atoms with E-state index in [-0.39, 0.29) is 0 Å². The van der Waals surface area contributed by atoms with E-state index >= 15 is 0 Å². The molecule has 0 spiro atoms. The average Bonchev–Trinajstić information content (AvgIpc) is 2.04. The summed E-state index contributed by atoms with van der Waals surface area (Å²) in [5.74, 6) is 0.921. The lowest BCUT2D eigenvalue weighted by molar-refractivity contribution is -0.121. The molecule has 0 amide bonds. The number of rotatable bonds is 0. The molecule has 0 aromatic heterocycles. The van der Waals surface area contributed by atoms with Gasteiger partial charge in [-0.25, -0.2) is 0 Å². The lowest BCUT2D eigenvalue weighted by Gasteiger charge is -2.31. The third kappa shape index (κ3) is 1.36. The van der Waals surface area contributed by atoms with E-state index < -0.39 is 0 Å². The van der Waals surface area contributed by atoms with Crippen molar-refractivity contribution in [3.63, 3.8) is 0 Å². The van der Waals surface area contributed by atoms with Gasteiger partial charge in [0.15, 0.2) is 0 Å². The van der Waals surface area contributed by atoms with Crippen LogP contribution in [-0.2, 0) is 4.79 Å². The van der Waals surface area contributed by atoms with E-state index in [1.807, 2.05) is 0 Å². The summed E-state index contributed by atoms with van der Waals surface area (Å²) in [6, 6.07) is 0.581. The van der Waals surface area contributed by atoms with Crippen LogP contribution in [0.5, 0.6) is 0 Å². The molecule has 1 aliphatic heterocycles. The Kier molecular flexibility index (Phi) is 1.78. The summed E-state index contributed by atoms with van der Waals surface area (Å²) in [7, 11) is 0. The molecule has 2 heteroatoms.